The van der Waals surface area contributed by atoms with Gasteiger partial charge in [-0.1, -0.05) is 18.2 Å². The first kappa shape index (κ1) is 14.6. The third-order valence-corrected chi connectivity index (χ3v) is 3.83. The van der Waals surface area contributed by atoms with E-state index in [9.17, 15) is 4.79 Å². The van der Waals surface area contributed by atoms with Crippen molar-refractivity contribution < 1.29 is 9.53 Å². The standard InChI is InChI=1S/C18H20N2O2/c19-15-5-4-12-20(13-15)18(21)14-8-10-17(11-9-14)22-16-6-2-1-3-7-16/h1-3,6-11,15H,4-5,12-13,19H2. The van der Waals surface area contributed by atoms with Crippen LogP contribution in [0.4, 0.5) is 0 Å². The second-order valence-corrected chi connectivity index (χ2v) is 5.59. The molecule has 2 aromatic rings. The largest absolute Gasteiger partial charge is 0.457 e. The topological polar surface area (TPSA) is 55.6 Å². The van der Waals surface area contributed by atoms with E-state index in [1.807, 2.05) is 47.4 Å². The van der Waals surface area contributed by atoms with Gasteiger partial charge in [-0.05, 0) is 49.2 Å². The number of hydrogen-bond donors (Lipinski definition) is 1. The van der Waals surface area contributed by atoms with Gasteiger partial charge in [-0.2, -0.15) is 0 Å². The fraction of sp³-hybridized carbons (Fsp3) is 0.278. The number of likely N-dealkylation sites (tertiary alicyclic amines) is 1. The smallest absolute Gasteiger partial charge is 0.253 e. The third kappa shape index (κ3) is 3.46. The van der Waals surface area contributed by atoms with Gasteiger partial charge in [-0.15, -0.1) is 0 Å². The molecule has 0 spiro atoms. The molecule has 0 aliphatic carbocycles. The van der Waals surface area contributed by atoms with E-state index in [1.165, 1.54) is 0 Å². The van der Waals surface area contributed by atoms with Crippen molar-refractivity contribution in [3.63, 3.8) is 0 Å². The summed E-state index contributed by atoms with van der Waals surface area (Å²) in [5.74, 6) is 1.54. The SMILES string of the molecule is NC1CCCN(C(=O)c2ccc(Oc3ccccc3)cc2)C1. The molecule has 22 heavy (non-hydrogen) atoms. The minimum atomic E-state index is 0.0430. The van der Waals surface area contributed by atoms with Crippen LogP contribution < -0.4 is 10.5 Å². The first-order valence-electron chi connectivity index (χ1n) is 7.60. The van der Waals surface area contributed by atoms with Gasteiger partial charge in [0.2, 0.25) is 0 Å². The lowest BCUT2D eigenvalue weighted by Crippen LogP contribution is -2.45. The molecule has 1 unspecified atom stereocenters. The Morgan fingerprint density at radius 3 is 2.41 bits per heavy atom. The van der Waals surface area contributed by atoms with Crippen molar-refractivity contribution >= 4 is 5.91 Å². The summed E-state index contributed by atoms with van der Waals surface area (Å²) in [4.78, 5) is 14.3. The molecular formula is C18H20N2O2. The van der Waals surface area contributed by atoms with Crippen LogP contribution in [-0.4, -0.2) is 29.9 Å². The maximum Gasteiger partial charge on any atom is 0.253 e. The van der Waals surface area contributed by atoms with Gasteiger partial charge in [0.1, 0.15) is 11.5 Å². The fourth-order valence-corrected chi connectivity index (χ4v) is 2.67. The van der Waals surface area contributed by atoms with Gasteiger partial charge in [0.15, 0.2) is 0 Å². The van der Waals surface area contributed by atoms with Crippen molar-refractivity contribution in [2.75, 3.05) is 13.1 Å². The Morgan fingerprint density at radius 1 is 1.05 bits per heavy atom. The van der Waals surface area contributed by atoms with E-state index in [0.717, 1.165) is 30.9 Å². The van der Waals surface area contributed by atoms with Gasteiger partial charge < -0.3 is 15.4 Å². The van der Waals surface area contributed by atoms with Crippen LogP contribution in [0.25, 0.3) is 0 Å². The summed E-state index contributed by atoms with van der Waals surface area (Å²) in [5, 5.41) is 0. The van der Waals surface area contributed by atoms with Crippen LogP contribution in [0.1, 0.15) is 23.2 Å². The van der Waals surface area contributed by atoms with E-state index < -0.39 is 0 Å². The van der Waals surface area contributed by atoms with E-state index in [4.69, 9.17) is 10.5 Å². The molecule has 0 saturated carbocycles. The van der Waals surface area contributed by atoms with Gasteiger partial charge in [0, 0.05) is 24.7 Å². The molecule has 0 aromatic heterocycles. The van der Waals surface area contributed by atoms with Crippen LogP contribution in [0.15, 0.2) is 54.6 Å². The average molecular weight is 296 g/mol. The number of para-hydroxylation sites is 1. The van der Waals surface area contributed by atoms with Gasteiger partial charge in [0.25, 0.3) is 5.91 Å². The number of carbonyl (C=O) groups excluding carboxylic acids is 1. The Kier molecular flexibility index (Phi) is 4.39. The molecule has 1 aliphatic rings. The molecule has 3 rings (SSSR count). The van der Waals surface area contributed by atoms with E-state index in [0.29, 0.717) is 12.1 Å². The van der Waals surface area contributed by atoms with Crippen LogP contribution >= 0.6 is 0 Å². The third-order valence-electron chi connectivity index (χ3n) is 3.83. The Hall–Kier alpha value is -2.33. The molecule has 1 aliphatic heterocycles. The van der Waals surface area contributed by atoms with Crippen LogP contribution in [0, 0.1) is 0 Å². The van der Waals surface area contributed by atoms with Crippen molar-refractivity contribution in [1.29, 1.82) is 0 Å². The maximum atomic E-state index is 12.4. The first-order chi connectivity index (χ1) is 10.7. The Labute approximate surface area is 130 Å². The number of piperidine rings is 1. The normalized spacial score (nSPS) is 18.0. The van der Waals surface area contributed by atoms with E-state index in [-0.39, 0.29) is 11.9 Å². The van der Waals surface area contributed by atoms with Crippen molar-refractivity contribution in [1.82, 2.24) is 4.90 Å². The highest BCUT2D eigenvalue weighted by Gasteiger charge is 2.22. The summed E-state index contributed by atoms with van der Waals surface area (Å²) in [7, 11) is 0. The van der Waals surface area contributed by atoms with Crippen molar-refractivity contribution in [2.45, 2.75) is 18.9 Å². The van der Waals surface area contributed by atoms with Gasteiger partial charge in [-0.25, -0.2) is 0 Å². The lowest BCUT2D eigenvalue weighted by Gasteiger charge is -2.30. The van der Waals surface area contributed by atoms with Crippen molar-refractivity contribution in [3.05, 3.63) is 60.2 Å². The van der Waals surface area contributed by atoms with E-state index in [1.54, 1.807) is 12.1 Å². The molecule has 2 N–H and O–H groups in total. The molecule has 1 amide bonds. The van der Waals surface area contributed by atoms with E-state index >= 15 is 0 Å². The number of benzene rings is 2. The van der Waals surface area contributed by atoms with Crippen LogP contribution in [0.5, 0.6) is 11.5 Å². The number of nitrogens with two attached hydrogens (primary N) is 1. The molecule has 1 atom stereocenters. The highest BCUT2D eigenvalue weighted by Crippen LogP contribution is 2.22. The Balaban J connectivity index is 1.67. The monoisotopic (exact) mass is 296 g/mol. The zero-order chi connectivity index (χ0) is 15.4. The van der Waals surface area contributed by atoms with Crippen LogP contribution in [0.2, 0.25) is 0 Å². The molecule has 1 fully saturated rings. The number of rotatable bonds is 3. The summed E-state index contributed by atoms with van der Waals surface area (Å²) < 4.78 is 5.73. The van der Waals surface area contributed by atoms with Crippen LogP contribution in [-0.2, 0) is 0 Å². The lowest BCUT2D eigenvalue weighted by atomic mass is 10.1. The lowest BCUT2D eigenvalue weighted by molar-refractivity contribution is 0.0709. The summed E-state index contributed by atoms with van der Waals surface area (Å²) >= 11 is 0. The molecule has 4 nitrogen and oxygen atoms in total. The Morgan fingerprint density at radius 2 is 1.73 bits per heavy atom. The highest BCUT2D eigenvalue weighted by atomic mass is 16.5. The molecule has 0 radical (unpaired) electrons. The molecule has 0 bridgehead atoms. The zero-order valence-corrected chi connectivity index (χ0v) is 12.4. The second-order valence-electron chi connectivity index (χ2n) is 5.59. The summed E-state index contributed by atoms with van der Waals surface area (Å²) in [6.45, 7) is 1.43. The van der Waals surface area contributed by atoms with E-state index in [2.05, 4.69) is 0 Å². The summed E-state index contributed by atoms with van der Waals surface area (Å²) in [6.07, 6.45) is 1.97. The fourth-order valence-electron chi connectivity index (χ4n) is 2.67. The molecular weight excluding hydrogens is 276 g/mol. The zero-order valence-electron chi connectivity index (χ0n) is 12.4. The maximum absolute atomic E-state index is 12.4. The molecule has 2 aromatic carbocycles. The number of ether oxygens (including phenoxy) is 1. The minimum Gasteiger partial charge on any atom is -0.457 e. The number of nitrogens with zero attached hydrogens (tertiary/aromatic N) is 1. The molecule has 1 heterocycles. The second kappa shape index (κ2) is 6.62. The summed E-state index contributed by atoms with van der Waals surface area (Å²) in [6, 6.07) is 16.9. The number of hydrogen-bond acceptors (Lipinski definition) is 3. The minimum absolute atomic E-state index is 0.0430. The summed E-state index contributed by atoms with van der Waals surface area (Å²) in [5.41, 5.74) is 6.61. The molecule has 114 valence electrons. The van der Waals surface area contributed by atoms with Crippen LogP contribution in [0.3, 0.4) is 0 Å². The highest BCUT2D eigenvalue weighted by molar-refractivity contribution is 5.94. The quantitative estimate of drug-likeness (QED) is 0.947. The van der Waals surface area contributed by atoms with Crippen molar-refractivity contribution in [2.24, 2.45) is 5.73 Å². The molecule has 4 heteroatoms. The van der Waals surface area contributed by atoms with Crippen molar-refractivity contribution in [3.8, 4) is 11.5 Å². The number of carbonyl (C=O) groups is 1. The predicted molar refractivity (Wildman–Crippen MR) is 86.1 cm³/mol. The van der Waals surface area contributed by atoms with Gasteiger partial charge in [0.05, 0.1) is 0 Å². The average Bonchev–Trinajstić information content (AvgIpc) is 2.56. The van der Waals surface area contributed by atoms with Gasteiger partial charge in [-0.3, -0.25) is 4.79 Å². The van der Waals surface area contributed by atoms with Gasteiger partial charge >= 0.3 is 0 Å². The predicted octanol–water partition coefficient (Wildman–Crippen LogP) is 3.04. The number of amides is 1. The Bertz CT molecular complexity index is 625. The molecule has 1 saturated heterocycles. The first-order valence-corrected chi connectivity index (χ1v) is 7.60.